The van der Waals surface area contributed by atoms with Crippen LogP contribution in [0.4, 0.5) is 5.69 Å². The zero-order chi connectivity index (χ0) is 13.8. The summed E-state index contributed by atoms with van der Waals surface area (Å²) in [6, 6.07) is 10.7. The van der Waals surface area contributed by atoms with Crippen LogP contribution in [0.2, 0.25) is 0 Å². The lowest BCUT2D eigenvalue weighted by Crippen LogP contribution is -2.29. The van der Waals surface area contributed by atoms with Gasteiger partial charge < -0.3 is 10.0 Å². The highest BCUT2D eigenvalue weighted by Gasteiger charge is 2.09. The van der Waals surface area contributed by atoms with Crippen LogP contribution in [-0.4, -0.2) is 18.1 Å². The number of thiophene rings is 1. The summed E-state index contributed by atoms with van der Waals surface area (Å²) in [4.78, 5) is 15.0. The van der Waals surface area contributed by atoms with Crippen molar-refractivity contribution in [3.8, 4) is 5.75 Å². The highest BCUT2D eigenvalue weighted by atomic mass is 32.1. The van der Waals surface area contributed by atoms with Crippen LogP contribution in [-0.2, 0) is 6.54 Å². The maximum atomic E-state index is 11.4. The van der Waals surface area contributed by atoms with Crippen molar-refractivity contribution in [3.63, 3.8) is 0 Å². The average Bonchev–Trinajstić information content (AvgIpc) is 2.86. The van der Waals surface area contributed by atoms with Crippen LogP contribution in [0.3, 0.4) is 0 Å². The maximum absolute atomic E-state index is 11.4. The molecule has 0 bridgehead atoms. The molecule has 19 heavy (non-hydrogen) atoms. The molecule has 0 radical (unpaired) electrons. The summed E-state index contributed by atoms with van der Waals surface area (Å²) >= 11 is 1.40. The first-order valence-corrected chi connectivity index (χ1v) is 6.51. The van der Waals surface area contributed by atoms with Gasteiger partial charge in [-0.2, -0.15) is 0 Å². The minimum atomic E-state index is -0.281. The van der Waals surface area contributed by atoms with Gasteiger partial charge in [-0.1, -0.05) is 6.07 Å². The molecule has 6 heteroatoms. The highest BCUT2D eigenvalue weighted by molar-refractivity contribution is 7.14. The first-order chi connectivity index (χ1) is 9.10. The van der Waals surface area contributed by atoms with Crippen molar-refractivity contribution in [1.82, 2.24) is 5.43 Å². The molecule has 0 atom stereocenters. The largest absolute Gasteiger partial charge is 0.508 e. The fourth-order valence-electron chi connectivity index (χ4n) is 1.71. The van der Waals surface area contributed by atoms with Crippen LogP contribution >= 0.6 is 11.3 Å². The molecule has 0 saturated carbocycles. The van der Waals surface area contributed by atoms with E-state index in [0.717, 1.165) is 10.6 Å². The standard InChI is InChI=1S/C13H15N3O2S/c1-16(9-3-2-4-10(17)7-9)8-11-5-6-12(19-11)13(18)15-14/h2-7,17H,8,14H2,1H3,(H,15,18). The van der Waals surface area contributed by atoms with E-state index in [-0.39, 0.29) is 11.7 Å². The molecule has 0 spiro atoms. The Balaban J connectivity index is 2.08. The minimum Gasteiger partial charge on any atom is -0.508 e. The molecule has 1 aromatic carbocycles. The quantitative estimate of drug-likeness (QED) is 0.451. The van der Waals surface area contributed by atoms with Crippen molar-refractivity contribution in [1.29, 1.82) is 0 Å². The number of nitrogens with one attached hydrogen (secondary N) is 1. The summed E-state index contributed by atoms with van der Waals surface area (Å²) in [5.41, 5.74) is 3.03. The van der Waals surface area contributed by atoms with Crippen molar-refractivity contribution >= 4 is 22.9 Å². The smallest absolute Gasteiger partial charge is 0.275 e. The Hall–Kier alpha value is -2.05. The van der Waals surface area contributed by atoms with E-state index < -0.39 is 0 Å². The van der Waals surface area contributed by atoms with Crippen LogP contribution in [0.5, 0.6) is 5.75 Å². The van der Waals surface area contributed by atoms with E-state index in [0.29, 0.717) is 11.4 Å². The lowest BCUT2D eigenvalue weighted by molar-refractivity contribution is 0.0957. The van der Waals surface area contributed by atoms with E-state index in [1.807, 2.05) is 24.1 Å². The summed E-state index contributed by atoms with van der Waals surface area (Å²) in [6.45, 7) is 0.659. The number of benzene rings is 1. The zero-order valence-electron chi connectivity index (χ0n) is 10.5. The molecule has 1 aromatic heterocycles. The van der Waals surface area contributed by atoms with Gasteiger partial charge in [0.25, 0.3) is 5.91 Å². The van der Waals surface area contributed by atoms with Gasteiger partial charge in [-0.15, -0.1) is 11.3 Å². The van der Waals surface area contributed by atoms with Gasteiger partial charge in [0.05, 0.1) is 11.4 Å². The molecule has 2 aromatic rings. The molecule has 1 amide bonds. The van der Waals surface area contributed by atoms with E-state index >= 15 is 0 Å². The first-order valence-electron chi connectivity index (χ1n) is 5.70. The third kappa shape index (κ3) is 3.24. The Kier molecular flexibility index (Phi) is 4.03. The van der Waals surface area contributed by atoms with Gasteiger partial charge in [-0.25, -0.2) is 5.84 Å². The Morgan fingerprint density at radius 1 is 1.42 bits per heavy atom. The normalized spacial score (nSPS) is 10.2. The number of amides is 1. The molecular formula is C13H15N3O2S. The van der Waals surface area contributed by atoms with Gasteiger partial charge in [-0.3, -0.25) is 10.2 Å². The molecule has 100 valence electrons. The highest BCUT2D eigenvalue weighted by Crippen LogP contribution is 2.23. The molecule has 0 aliphatic carbocycles. The van der Waals surface area contributed by atoms with E-state index in [1.54, 1.807) is 24.3 Å². The van der Waals surface area contributed by atoms with Crippen molar-refractivity contribution in [3.05, 3.63) is 46.2 Å². The van der Waals surface area contributed by atoms with Gasteiger partial charge in [-0.05, 0) is 24.3 Å². The van der Waals surface area contributed by atoms with Crippen LogP contribution < -0.4 is 16.2 Å². The molecule has 4 N–H and O–H groups in total. The molecule has 0 aliphatic heterocycles. The number of nitrogen functional groups attached to an aromatic ring is 1. The van der Waals surface area contributed by atoms with Crippen LogP contribution in [0.1, 0.15) is 14.5 Å². The molecule has 0 unspecified atom stereocenters. The van der Waals surface area contributed by atoms with E-state index in [1.165, 1.54) is 11.3 Å². The van der Waals surface area contributed by atoms with Crippen molar-refractivity contribution in [2.45, 2.75) is 6.54 Å². The van der Waals surface area contributed by atoms with Gasteiger partial charge in [0, 0.05) is 23.7 Å². The van der Waals surface area contributed by atoms with Crippen LogP contribution in [0, 0.1) is 0 Å². The summed E-state index contributed by atoms with van der Waals surface area (Å²) in [6.07, 6.45) is 0. The number of hydrazine groups is 1. The number of phenols is 1. The van der Waals surface area contributed by atoms with E-state index in [9.17, 15) is 9.90 Å². The fraction of sp³-hybridized carbons (Fsp3) is 0.154. The number of hydrogen-bond acceptors (Lipinski definition) is 5. The van der Waals surface area contributed by atoms with Gasteiger partial charge in [0.15, 0.2) is 0 Å². The first kappa shape index (κ1) is 13.4. The van der Waals surface area contributed by atoms with Gasteiger partial charge >= 0.3 is 0 Å². The molecule has 0 saturated heterocycles. The van der Waals surface area contributed by atoms with Crippen LogP contribution in [0.25, 0.3) is 0 Å². The molecule has 0 fully saturated rings. The zero-order valence-corrected chi connectivity index (χ0v) is 11.3. The number of rotatable bonds is 4. The van der Waals surface area contributed by atoms with Crippen molar-refractivity contribution in [2.75, 3.05) is 11.9 Å². The monoisotopic (exact) mass is 277 g/mol. The predicted molar refractivity (Wildman–Crippen MR) is 76.2 cm³/mol. The Bertz CT molecular complexity index is 583. The molecule has 1 heterocycles. The van der Waals surface area contributed by atoms with Crippen molar-refractivity contribution < 1.29 is 9.90 Å². The lowest BCUT2D eigenvalue weighted by Gasteiger charge is -2.18. The third-order valence-corrected chi connectivity index (χ3v) is 3.75. The third-order valence-electron chi connectivity index (χ3n) is 2.68. The lowest BCUT2D eigenvalue weighted by atomic mass is 10.2. The maximum Gasteiger partial charge on any atom is 0.275 e. The van der Waals surface area contributed by atoms with Crippen molar-refractivity contribution in [2.24, 2.45) is 5.84 Å². The predicted octanol–water partition coefficient (Wildman–Crippen LogP) is 1.69. The Morgan fingerprint density at radius 3 is 2.89 bits per heavy atom. The SMILES string of the molecule is CN(Cc1ccc(C(=O)NN)s1)c1cccc(O)c1. The summed E-state index contributed by atoms with van der Waals surface area (Å²) < 4.78 is 0. The number of nitrogens with zero attached hydrogens (tertiary/aromatic N) is 1. The fourth-order valence-corrected chi connectivity index (χ4v) is 2.68. The summed E-state index contributed by atoms with van der Waals surface area (Å²) in [7, 11) is 1.93. The topological polar surface area (TPSA) is 78.6 Å². The number of anilines is 1. The Morgan fingerprint density at radius 2 is 2.21 bits per heavy atom. The summed E-state index contributed by atoms with van der Waals surface area (Å²) in [5, 5.41) is 9.45. The Labute approximate surface area is 115 Å². The number of carbonyl (C=O) groups is 1. The van der Waals surface area contributed by atoms with Gasteiger partial charge in [0.2, 0.25) is 0 Å². The summed E-state index contributed by atoms with van der Waals surface area (Å²) in [5.74, 6) is 5.04. The number of nitrogens with two attached hydrogens (primary N) is 1. The second-order valence-corrected chi connectivity index (χ2v) is 5.28. The number of phenolic OH excluding ortho intramolecular Hbond substituents is 1. The second-order valence-electron chi connectivity index (χ2n) is 4.12. The van der Waals surface area contributed by atoms with Gasteiger partial charge in [0.1, 0.15) is 5.75 Å². The molecule has 2 rings (SSSR count). The van der Waals surface area contributed by atoms with Crippen LogP contribution in [0.15, 0.2) is 36.4 Å². The number of hydrogen-bond donors (Lipinski definition) is 3. The van der Waals surface area contributed by atoms with E-state index in [2.05, 4.69) is 5.43 Å². The number of carbonyl (C=O) groups excluding carboxylic acids is 1. The van der Waals surface area contributed by atoms with E-state index in [4.69, 9.17) is 5.84 Å². The average molecular weight is 277 g/mol. The second kappa shape index (κ2) is 5.73. The molecule has 0 aliphatic rings. The molecular weight excluding hydrogens is 262 g/mol. The molecule has 5 nitrogen and oxygen atoms in total. The number of aromatic hydroxyl groups is 1. The minimum absolute atomic E-state index is 0.235.